The van der Waals surface area contributed by atoms with Crippen molar-refractivity contribution in [3.63, 3.8) is 0 Å². The van der Waals surface area contributed by atoms with Gasteiger partial charge in [0.25, 0.3) is 5.22 Å². The molecule has 0 radical (unpaired) electrons. The Labute approximate surface area is 197 Å². The SMILES string of the molecule is CCN(CC)c1ccc(-c2nnc(SCC(=O)N(C)C[C@H]3COc4ccccc4O3)o2)cc1. The van der Waals surface area contributed by atoms with Gasteiger partial charge in [-0.05, 0) is 50.2 Å². The molecule has 2 aromatic carbocycles. The quantitative estimate of drug-likeness (QED) is 0.437. The Kier molecular flexibility index (Phi) is 7.39. The number of amides is 1. The van der Waals surface area contributed by atoms with E-state index in [9.17, 15) is 4.79 Å². The van der Waals surface area contributed by atoms with E-state index in [-0.39, 0.29) is 17.8 Å². The zero-order valence-electron chi connectivity index (χ0n) is 19.1. The van der Waals surface area contributed by atoms with E-state index in [2.05, 4.69) is 28.9 Å². The van der Waals surface area contributed by atoms with Crippen molar-refractivity contribution in [1.82, 2.24) is 15.1 Å². The van der Waals surface area contributed by atoms with Gasteiger partial charge in [-0.15, -0.1) is 10.2 Å². The first-order valence-electron chi connectivity index (χ1n) is 11.0. The van der Waals surface area contributed by atoms with E-state index in [0.717, 1.165) is 30.1 Å². The van der Waals surface area contributed by atoms with Crippen LogP contribution in [0.15, 0.2) is 58.2 Å². The number of benzene rings is 2. The van der Waals surface area contributed by atoms with Crippen LogP contribution >= 0.6 is 11.8 Å². The first kappa shape index (κ1) is 23.0. The van der Waals surface area contributed by atoms with Gasteiger partial charge in [0, 0.05) is 31.4 Å². The number of anilines is 1. The topological polar surface area (TPSA) is 80.9 Å². The molecule has 0 fully saturated rings. The minimum absolute atomic E-state index is 0.0502. The van der Waals surface area contributed by atoms with E-state index in [1.807, 2.05) is 48.5 Å². The lowest BCUT2D eigenvalue weighted by molar-refractivity contribution is -0.128. The summed E-state index contributed by atoms with van der Waals surface area (Å²) in [5, 5.41) is 8.57. The van der Waals surface area contributed by atoms with Crippen LogP contribution in [0.4, 0.5) is 5.69 Å². The largest absolute Gasteiger partial charge is 0.486 e. The lowest BCUT2D eigenvalue weighted by Crippen LogP contribution is -2.42. The maximum atomic E-state index is 12.6. The third-order valence-corrected chi connectivity index (χ3v) is 6.24. The number of hydrogen-bond acceptors (Lipinski definition) is 8. The van der Waals surface area contributed by atoms with E-state index in [1.54, 1.807) is 11.9 Å². The predicted molar refractivity (Wildman–Crippen MR) is 128 cm³/mol. The summed E-state index contributed by atoms with van der Waals surface area (Å²) in [6, 6.07) is 15.6. The minimum atomic E-state index is -0.215. The molecule has 2 heterocycles. The van der Waals surface area contributed by atoms with Gasteiger partial charge in [-0.3, -0.25) is 4.79 Å². The average Bonchev–Trinajstić information content (AvgIpc) is 3.33. The number of fused-ring (bicyclic) bond motifs is 1. The molecule has 0 unspecified atom stereocenters. The van der Waals surface area contributed by atoms with E-state index < -0.39 is 0 Å². The van der Waals surface area contributed by atoms with Gasteiger partial charge >= 0.3 is 0 Å². The molecule has 1 amide bonds. The highest BCUT2D eigenvalue weighted by Crippen LogP contribution is 2.31. The zero-order chi connectivity index (χ0) is 23.2. The van der Waals surface area contributed by atoms with Crippen molar-refractivity contribution < 1.29 is 18.7 Å². The smallest absolute Gasteiger partial charge is 0.277 e. The van der Waals surface area contributed by atoms with Crippen LogP contribution in [-0.4, -0.2) is 66.2 Å². The van der Waals surface area contributed by atoms with Gasteiger partial charge < -0.3 is 23.7 Å². The number of rotatable bonds is 9. The molecule has 1 aromatic heterocycles. The summed E-state index contributed by atoms with van der Waals surface area (Å²) in [6.45, 7) is 7.00. The van der Waals surface area contributed by atoms with Crippen LogP contribution in [0.3, 0.4) is 0 Å². The van der Waals surface area contributed by atoms with E-state index in [0.29, 0.717) is 30.0 Å². The van der Waals surface area contributed by atoms with Gasteiger partial charge in [0.1, 0.15) is 6.61 Å². The third kappa shape index (κ3) is 5.60. The van der Waals surface area contributed by atoms with Gasteiger partial charge in [-0.1, -0.05) is 23.9 Å². The molecule has 1 aliphatic heterocycles. The number of aromatic nitrogens is 2. The molecule has 0 aliphatic carbocycles. The molecule has 0 N–H and O–H groups in total. The van der Waals surface area contributed by atoms with E-state index in [1.165, 1.54) is 11.8 Å². The Morgan fingerprint density at radius 3 is 2.52 bits per heavy atom. The van der Waals surface area contributed by atoms with Crippen molar-refractivity contribution in [2.24, 2.45) is 0 Å². The second kappa shape index (κ2) is 10.6. The molecule has 1 aliphatic rings. The monoisotopic (exact) mass is 468 g/mol. The molecular weight excluding hydrogens is 440 g/mol. The van der Waals surface area contributed by atoms with Gasteiger partial charge in [0.05, 0.1) is 12.3 Å². The molecule has 4 rings (SSSR count). The third-order valence-electron chi connectivity index (χ3n) is 5.44. The highest BCUT2D eigenvalue weighted by atomic mass is 32.2. The van der Waals surface area contributed by atoms with Gasteiger partial charge in [0.15, 0.2) is 17.6 Å². The zero-order valence-corrected chi connectivity index (χ0v) is 19.9. The predicted octanol–water partition coefficient (Wildman–Crippen LogP) is 3.97. The molecule has 3 aromatic rings. The number of likely N-dealkylation sites (N-methyl/N-ethyl adjacent to an activating group) is 1. The molecule has 33 heavy (non-hydrogen) atoms. The van der Waals surface area contributed by atoms with Crippen LogP contribution in [0.1, 0.15) is 13.8 Å². The maximum Gasteiger partial charge on any atom is 0.277 e. The number of carbonyl (C=O) groups is 1. The van der Waals surface area contributed by atoms with Gasteiger partial charge in [-0.2, -0.15) is 0 Å². The average molecular weight is 469 g/mol. The Bertz CT molecular complexity index is 1070. The molecule has 174 valence electrons. The standard InChI is InChI=1S/C24H28N4O4S/c1-4-28(5-2)18-12-10-17(11-13-18)23-25-26-24(32-23)33-16-22(29)27(3)14-19-15-30-20-8-6-7-9-21(20)31-19/h6-13,19H,4-5,14-16H2,1-3H3/t19-/m0/s1. The van der Waals surface area contributed by atoms with Crippen molar-refractivity contribution in [3.05, 3.63) is 48.5 Å². The van der Waals surface area contributed by atoms with Crippen LogP contribution < -0.4 is 14.4 Å². The van der Waals surface area contributed by atoms with E-state index >= 15 is 0 Å². The number of para-hydroxylation sites is 2. The lowest BCUT2D eigenvalue weighted by atomic mass is 10.2. The Morgan fingerprint density at radius 1 is 1.06 bits per heavy atom. The van der Waals surface area contributed by atoms with Crippen molar-refractivity contribution in [2.75, 3.05) is 43.9 Å². The first-order chi connectivity index (χ1) is 16.1. The van der Waals surface area contributed by atoms with Gasteiger partial charge in [-0.25, -0.2) is 0 Å². The van der Waals surface area contributed by atoms with Gasteiger partial charge in [0.2, 0.25) is 11.8 Å². The fraction of sp³-hybridized carbons (Fsp3) is 0.375. The summed E-state index contributed by atoms with van der Waals surface area (Å²) in [7, 11) is 1.75. The second-order valence-corrected chi connectivity index (χ2v) is 8.58. The fourth-order valence-corrected chi connectivity index (χ4v) is 4.29. The Morgan fingerprint density at radius 2 is 1.79 bits per heavy atom. The fourth-order valence-electron chi connectivity index (χ4n) is 3.58. The van der Waals surface area contributed by atoms with Crippen molar-refractivity contribution in [3.8, 4) is 23.0 Å². The molecule has 9 heteroatoms. The molecule has 0 bridgehead atoms. The summed E-state index contributed by atoms with van der Waals surface area (Å²) in [4.78, 5) is 16.5. The van der Waals surface area contributed by atoms with Crippen molar-refractivity contribution >= 4 is 23.4 Å². The molecule has 8 nitrogen and oxygen atoms in total. The number of hydrogen-bond donors (Lipinski definition) is 0. The number of nitrogens with zero attached hydrogens (tertiary/aromatic N) is 4. The van der Waals surface area contributed by atoms with Crippen LogP contribution in [0.5, 0.6) is 11.5 Å². The summed E-state index contributed by atoms with van der Waals surface area (Å²) in [5.74, 6) is 2.02. The normalized spacial score (nSPS) is 14.7. The summed E-state index contributed by atoms with van der Waals surface area (Å²) in [6.07, 6.45) is -0.215. The summed E-state index contributed by atoms with van der Waals surface area (Å²) in [5.41, 5.74) is 2.01. The Balaban J connectivity index is 1.28. The molecule has 0 spiro atoms. The molecular formula is C24H28N4O4S. The highest BCUT2D eigenvalue weighted by Gasteiger charge is 2.24. The van der Waals surface area contributed by atoms with Crippen LogP contribution in [0.25, 0.3) is 11.5 Å². The Hall–Kier alpha value is -3.20. The number of ether oxygens (including phenoxy) is 2. The number of thioether (sulfide) groups is 1. The number of carbonyl (C=O) groups excluding carboxylic acids is 1. The van der Waals surface area contributed by atoms with Crippen molar-refractivity contribution in [2.45, 2.75) is 25.2 Å². The molecule has 0 saturated heterocycles. The van der Waals surface area contributed by atoms with Crippen LogP contribution in [-0.2, 0) is 4.79 Å². The van der Waals surface area contributed by atoms with Crippen LogP contribution in [0.2, 0.25) is 0 Å². The van der Waals surface area contributed by atoms with Crippen LogP contribution in [0, 0.1) is 0 Å². The summed E-state index contributed by atoms with van der Waals surface area (Å²) < 4.78 is 17.4. The molecule has 0 saturated carbocycles. The van der Waals surface area contributed by atoms with Crippen molar-refractivity contribution in [1.29, 1.82) is 0 Å². The highest BCUT2D eigenvalue weighted by molar-refractivity contribution is 7.99. The lowest BCUT2D eigenvalue weighted by Gasteiger charge is -2.29. The maximum absolute atomic E-state index is 12.6. The summed E-state index contributed by atoms with van der Waals surface area (Å²) >= 11 is 1.23. The second-order valence-electron chi connectivity index (χ2n) is 7.65. The first-order valence-corrected chi connectivity index (χ1v) is 12.0. The minimum Gasteiger partial charge on any atom is -0.486 e. The van der Waals surface area contributed by atoms with E-state index in [4.69, 9.17) is 13.9 Å². The molecule has 1 atom stereocenters.